The number of thiophene rings is 1. The number of carbonyl (C=O) groups excluding carboxylic acids is 2. The third kappa shape index (κ3) is 4.09. The number of aromatic nitrogens is 5. The first-order valence-electron chi connectivity index (χ1n) is 10.3. The van der Waals surface area contributed by atoms with E-state index in [0.29, 0.717) is 34.1 Å². The summed E-state index contributed by atoms with van der Waals surface area (Å²) in [6, 6.07) is 1.26. The molecular weight excluding hydrogens is 532 g/mol. The summed E-state index contributed by atoms with van der Waals surface area (Å²) in [5.74, 6) is -1.41. The molecule has 0 bridgehead atoms. The van der Waals surface area contributed by atoms with Crippen LogP contribution in [0.3, 0.4) is 0 Å². The number of halogens is 3. The normalized spacial score (nSPS) is 11.5. The molecule has 4 rings (SSSR count). The summed E-state index contributed by atoms with van der Waals surface area (Å²) in [6.07, 6.45) is 0.381. The van der Waals surface area contributed by atoms with Gasteiger partial charge in [-0.3, -0.25) is 19.0 Å². The number of hydrogen-bond donors (Lipinski definition) is 2. The van der Waals surface area contributed by atoms with Gasteiger partial charge in [0, 0.05) is 35.9 Å². The van der Waals surface area contributed by atoms with Crippen molar-refractivity contribution in [2.75, 3.05) is 5.32 Å². The van der Waals surface area contributed by atoms with E-state index in [1.54, 1.807) is 21.8 Å². The lowest BCUT2D eigenvalue weighted by Crippen LogP contribution is -2.17. The van der Waals surface area contributed by atoms with Crippen LogP contribution in [0.4, 0.5) is 14.5 Å². The number of nitrogens with zero attached hydrogens (tertiary/aromatic N) is 5. The van der Waals surface area contributed by atoms with Gasteiger partial charge < -0.3 is 11.1 Å². The third-order valence-corrected chi connectivity index (χ3v) is 7.00. The molecule has 0 spiro atoms. The topological polar surface area (TPSA) is 121 Å². The van der Waals surface area contributed by atoms with Crippen molar-refractivity contribution in [3.8, 4) is 11.1 Å². The maximum absolute atomic E-state index is 13.7. The van der Waals surface area contributed by atoms with E-state index in [9.17, 15) is 18.4 Å². The summed E-state index contributed by atoms with van der Waals surface area (Å²) in [7, 11) is 0. The predicted octanol–water partition coefficient (Wildman–Crippen LogP) is 4.76. The van der Waals surface area contributed by atoms with Crippen molar-refractivity contribution < 1.29 is 18.4 Å². The third-order valence-electron chi connectivity index (χ3n) is 5.32. The van der Waals surface area contributed by atoms with Gasteiger partial charge >= 0.3 is 0 Å². The smallest absolute Gasteiger partial charge is 0.280 e. The van der Waals surface area contributed by atoms with Gasteiger partial charge in [-0.25, -0.2) is 13.8 Å². The standard InChI is InChI=1S/C21H20BrF2N7O2S/c1-4-30-8-12(22)15(29-30)20(33)28-16-14-10(11-7-26-31(5-2)9(11)3)6-13(18(23)24)27-21(14)34-17(16)19(25)32/h6-8,18H,4-5H2,1-3H3,(H2,25,32)(H,28,33). The maximum Gasteiger partial charge on any atom is 0.280 e. The number of alkyl halides is 2. The predicted molar refractivity (Wildman–Crippen MR) is 128 cm³/mol. The molecule has 34 heavy (non-hydrogen) atoms. The highest BCUT2D eigenvalue weighted by Gasteiger charge is 2.27. The molecule has 0 aromatic carbocycles. The molecule has 0 radical (unpaired) electrons. The first-order chi connectivity index (χ1) is 16.2. The fourth-order valence-electron chi connectivity index (χ4n) is 3.65. The number of nitrogens with two attached hydrogens (primary N) is 1. The molecule has 0 saturated carbocycles. The van der Waals surface area contributed by atoms with E-state index < -0.39 is 23.9 Å². The zero-order chi connectivity index (χ0) is 24.7. The molecule has 0 aliphatic rings. The molecule has 0 atom stereocenters. The van der Waals surface area contributed by atoms with Crippen molar-refractivity contribution in [1.82, 2.24) is 24.5 Å². The fraction of sp³-hybridized carbons (Fsp3) is 0.286. The molecule has 9 nitrogen and oxygen atoms in total. The average molecular weight is 552 g/mol. The van der Waals surface area contributed by atoms with E-state index >= 15 is 0 Å². The monoisotopic (exact) mass is 551 g/mol. The number of fused-ring (bicyclic) bond motifs is 1. The maximum atomic E-state index is 13.7. The molecule has 4 heterocycles. The van der Waals surface area contributed by atoms with E-state index in [0.717, 1.165) is 17.0 Å². The summed E-state index contributed by atoms with van der Waals surface area (Å²) in [4.78, 5) is 29.6. The van der Waals surface area contributed by atoms with Gasteiger partial charge in [-0.1, -0.05) is 0 Å². The zero-order valence-corrected chi connectivity index (χ0v) is 20.8. The number of rotatable bonds is 7. The van der Waals surface area contributed by atoms with Gasteiger partial charge in [0.1, 0.15) is 15.4 Å². The van der Waals surface area contributed by atoms with E-state index in [4.69, 9.17) is 5.73 Å². The molecule has 3 N–H and O–H groups in total. The number of amides is 2. The summed E-state index contributed by atoms with van der Waals surface area (Å²) < 4.78 is 31.1. The molecule has 0 fully saturated rings. The Labute approximate surface area is 205 Å². The van der Waals surface area contributed by atoms with Crippen LogP contribution in [0.15, 0.2) is 22.9 Å². The second-order valence-electron chi connectivity index (χ2n) is 7.34. The number of pyridine rings is 1. The van der Waals surface area contributed by atoms with Gasteiger partial charge in [0.25, 0.3) is 18.2 Å². The van der Waals surface area contributed by atoms with Crippen LogP contribution >= 0.6 is 27.3 Å². The minimum atomic E-state index is -2.84. The van der Waals surface area contributed by atoms with E-state index in [1.807, 2.05) is 20.8 Å². The molecule has 0 aliphatic heterocycles. The fourth-order valence-corrected chi connectivity index (χ4v) is 5.16. The summed E-state index contributed by atoms with van der Waals surface area (Å²) in [6.45, 7) is 6.72. The van der Waals surface area contributed by atoms with E-state index in [-0.39, 0.29) is 21.1 Å². The van der Waals surface area contributed by atoms with Crippen LogP contribution in [-0.2, 0) is 13.1 Å². The first-order valence-corrected chi connectivity index (χ1v) is 11.9. The molecule has 4 aromatic heterocycles. The molecule has 0 saturated heterocycles. The average Bonchev–Trinajstić information content (AvgIpc) is 3.47. The lowest BCUT2D eigenvalue weighted by Gasteiger charge is -2.11. The highest BCUT2D eigenvalue weighted by Crippen LogP contribution is 2.43. The van der Waals surface area contributed by atoms with Gasteiger partial charge in [-0.2, -0.15) is 10.2 Å². The van der Waals surface area contributed by atoms with Crippen LogP contribution in [0.2, 0.25) is 0 Å². The Kier molecular flexibility index (Phi) is 6.49. The van der Waals surface area contributed by atoms with Crippen LogP contribution in [0.1, 0.15) is 51.8 Å². The molecule has 13 heteroatoms. The number of carbonyl (C=O) groups is 2. The second-order valence-corrected chi connectivity index (χ2v) is 9.19. The first kappa shape index (κ1) is 24.0. The van der Waals surface area contributed by atoms with Gasteiger partial charge in [0.05, 0.1) is 16.4 Å². The number of hydrogen-bond acceptors (Lipinski definition) is 6. The highest BCUT2D eigenvalue weighted by atomic mass is 79.9. The zero-order valence-electron chi connectivity index (χ0n) is 18.4. The van der Waals surface area contributed by atoms with Crippen LogP contribution in [0.25, 0.3) is 21.3 Å². The Morgan fingerprint density at radius 2 is 2.00 bits per heavy atom. The Hall–Kier alpha value is -3.19. The lowest BCUT2D eigenvalue weighted by atomic mass is 10.0. The summed E-state index contributed by atoms with van der Waals surface area (Å²) in [5.41, 5.74) is 7.03. The Bertz CT molecular complexity index is 1430. The van der Waals surface area contributed by atoms with Crippen molar-refractivity contribution in [2.24, 2.45) is 5.73 Å². The van der Waals surface area contributed by atoms with Crippen LogP contribution in [0, 0.1) is 6.92 Å². The van der Waals surface area contributed by atoms with Crippen molar-refractivity contribution in [1.29, 1.82) is 0 Å². The quantitative estimate of drug-likeness (QED) is 0.343. The van der Waals surface area contributed by atoms with Crippen molar-refractivity contribution in [2.45, 2.75) is 40.3 Å². The van der Waals surface area contributed by atoms with Crippen LogP contribution < -0.4 is 11.1 Å². The number of anilines is 1. The molecule has 4 aromatic rings. The number of nitrogens with one attached hydrogen (secondary N) is 1. The SMILES string of the molecule is CCn1cc(Br)c(C(=O)Nc2c(C(N)=O)sc3nc(C(F)F)cc(-c4cnn(CC)c4C)c23)n1. The van der Waals surface area contributed by atoms with Crippen LogP contribution in [-0.4, -0.2) is 36.4 Å². The summed E-state index contributed by atoms with van der Waals surface area (Å²) >= 11 is 4.16. The van der Waals surface area contributed by atoms with E-state index in [2.05, 4.69) is 36.4 Å². The second kappa shape index (κ2) is 9.22. The summed E-state index contributed by atoms with van der Waals surface area (Å²) in [5, 5.41) is 11.6. The number of primary amides is 1. The van der Waals surface area contributed by atoms with E-state index in [1.165, 1.54) is 6.07 Å². The van der Waals surface area contributed by atoms with Crippen molar-refractivity contribution in [3.05, 3.63) is 44.9 Å². The molecule has 178 valence electrons. The van der Waals surface area contributed by atoms with Gasteiger partial charge in [0.15, 0.2) is 5.69 Å². The molecule has 0 unspecified atom stereocenters. The van der Waals surface area contributed by atoms with Gasteiger partial charge in [-0.15, -0.1) is 11.3 Å². The highest BCUT2D eigenvalue weighted by molar-refractivity contribution is 9.10. The Balaban J connectivity index is 1.97. The largest absolute Gasteiger partial charge is 0.365 e. The van der Waals surface area contributed by atoms with Gasteiger partial charge in [-0.05, 0) is 48.3 Å². The van der Waals surface area contributed by atoms with Gasteiger partial charge in [0.2, 0.25) is 0 Å². The Morgan fingerprint density at radius 1 is 1.26 bits per heavy atom. The molecular formula is C21H20BrF2N7O2S. The van der Waals surface area contributed by atoms with Crippen molar-refractivity contribution in [3.63, 3.8) is 0 Å². The minimum absolute atomic E-state index is 0.00454. The molecule has 0 aliphatic carbocycles. The van der Waals surface area contributed by atoms with Crippen LogP contribution in [0.5, 0.6) is 0 Å². The molecule has 2 amide bonds. The minimum Gasteiger partial charge on any atom is -0.365 e. The lowest BCUT2D eigenvalue weighted by molar-refractivity contribution is 0.100. The number of aryl methyl sites for hydroxylation is 2. The Morgan fingerprint density at radius 3 is 2.56 bits per heavy atom. The van der Waals surface area contributed by atoms with Crippen molar-refractivity contribution >= 4 is 55.0 Å².